The van der Waals surface area contributed by atoms with Crippen molar-refractivity contribution in [3.05, 3.63) is 91.5 Å². The third kappa shape index (κ3) is 6.74. The molecule has 0 aliphatic heterocycles. The van der Waals surface area contributed by atoms with Crippen molar-refractivity contribution >= 4 is 38.1 Å². The second kappa shape index (κ2) is 13.7. The molecule has 0 aliphatic rings. The van der Waals surface area contributed by atoms with E-state index in [0.29, 0.717) is 35.5 Å². The lowest BCUT2D eigenvalue weighted by molar-refractivity contribution is 0.0753. The zero-order chi connectivity index (χ0) is 32.3. The number of anilines is 1. The van der Waals surface area contributed by atoms with Crippen molar-refractivity contribution in [2.75, 3.05) is 31.4 Å². The number of aromatic nitrogens is 3. The predicted octanol–water partition coefficient (Wildman–Crippen LogP) is 6.10. The summed E-state index contributed by atoms with van der Waals surface area (Å²) in [6, 6.07) is 13.4. The average Bonchev–Trinajstić information content (AvgIpc) is 3.59. The maximum atomic E-state index is 14.2. The van der Waals surface area contributed by atoms with E-state index in [1.807, 2.05) is 56.3 Å². The molecule has 0 radical (unpaired) electrons. The molecule has 10 nitrogen and oxygen atoms in total. The highest BCUT2D eigenvalue weighted by Gasteiger charge is 2.33. The Balaban J connectivity index is 1.46. The largest absolute Gasteiger partial charge is 0.382 e. The number of aromatic amines is 1. The second-order valence-corrected chi connectivity index (χ2v) is 14.2. The zero-order valence-corrected chi connectivity index (χ0v) is 28.0. The Hall–Kier alpha value is -3.84. The van der Waals surface area contributed by atoms with Gasteiger partial charge in [0.1, 0.15) is 16.7 Å². The number of thiophene rings is 1. The highest BCUT2D eigenvalue weighted by molar-refractivity contribution is 7.95. The third-order valence-electron chi connectivity index (χ3n) is 7.76. The van der Waals surface area contributed by atoms with Gasteiger partial charge < -0.3 is 19.0 Å². The Morgan fingerprint density at radius 3 is 2.42 bits per heavy atom. The van der Waals surface area contributed by atoms with E-state index in [2.05, 4.69) is 17.1 Å². The van der Waals surface area contributed by atoms with Gasteiger partial charge in [-0.1, -0.05) is 43.3 Å². The lowest BCUT2D eigenvalue weighted by Crippen LogP contribution is -2.34. The molecule has 0 saturated carbocycles. The highest BCUT2D eigenvalue weighted by atomic mass is 32.2. The van der Waals surface area contributed by atoms with E-state index in [1.54, 1.807) is 21.0 Å². The van der Waals surface area contributed by atoms with Crippen molar-refractivity contribution < 1.29 is 22.4 Å². The van der Waals surface area contributed by atoms with Crippen LogP contribution in [0.25, 0.3) is 22.0 Å². The van der Waals surface area contributed by atoms with Gasteiger partial charge in [-0.2, -0.15) is 0 Å². The van der Waals surface area contributed by atoms with Gasteiger partial charge in [0.2, 0.25) is 0 Å². The average molecular weight is 651 g/mol. The van der Waals surface area contributed by atoms with E-state index in [-0.39, 0.29) is 28.9 Å². The first-order valence-corrected chi connectivity index (χ1v) is 17.1. The van der Waals surface area contributed by atoms with Gasteiger partial charge in [0, 0.05) is 51.9 Å². The van der Waals surface area contributed by atoms with Crippen molar-refractivity contribution in [1.29, 1.82) is 0 Å². The van der Waals surface area contributed by atoms with Gasteiger partial charge in [0.05, 0.1) is 18.7 Å². The fourth-order valence-electron chi connectivity index (χ4n) is 5.13. The number of pyridine rings is 2. The second-order valence-electron chi connectivity index (χ2n) is 10.9. The van der Waals surface area contributed by atoms with Crippen LogP contribution in [0, 0.1) is 20.8 Å². The number of nitrogens with zero attached hydrogens (tertiary/aromatic N) is 3. The van der Waals surface area contributed by atoms with Crippen LogP contribution in [0.15, 0.2) is 56.0 Å². The summed E-state index contributed by atoms with van der Waals surface area (Å²) < 4.78 is 45.8. The molecule has 12 heteroatoms. The third-order valence-corrected chi connectivity index (χ3v) is 11.0. The first kappa shape index (κ1) is 32.6. The molecule has 0 bridgehead atoms. The summed E-state index contributed by atoms with van der Waals surface area (Å²) in [7, 11) is -2.54. The first-order valence-electron chi connectivity index (χ1n) is 14.8. The SMILES string of the molecule is CCc1cc2[nH]c(=O)c(Cc3ccc(-c4cc(C)sc4S(=O)(=O)N(COCCOC)c4noc(C)c4C)cc3)cc2c(CC)n1. The summed E-state index contributed by atoms with van der Waals surface area (Å²) in [5.74, 6) is 0.712. The first-order chi connectivity index (χ1) is 21.6. The number of methoxy groups -OCH3 is 1. The summed E-state index contributed by atoms with van der Waals surface area (Å²) in [5, 5.41) is 5.00. The van der Waals surface area contributed by atoms with E-state index in [1.165, 1.54) is 11.3 Å². The fourth-order valence-corrected chi connectivity index (χ4v) is 8.24. The molecular weight excluding hydrogens is 613 g/mol. The van der Waals surface area contributed by atoms with E-state index < -0.39 is 10.0 Å². The van der Waals surface area contributed by atoms with Gasteiger partial charge in [0.25, 0.3) is 15.6 Å². The molecule has 1 aromatic carbocycles. The molecule has 0 fully saturated rings. The Morgan fingerprint density at radius 1 is 1.02 bits per heavy atom. The number of sulfonamides is 1. The van der Waals surface area contributed by atoms with Gasteiger partial charge in [-0.3, -0.25) is 9.78 Å². The lowest BCUT2D eigenvalue weighted by Gasteiger charge is -2.22. The van der Waals surface area contributed by atoms with Crippen molar-refractivity contribution in [3.63, 3.8) is 0 Å². The van der Waals surface area contributed by atoms with Gasteiger partial charge in [-0.25, -0.2) is 12.7 Å². The summed E-state index contributed by atoms with van der Waals surface area (Å²) in [6.07, 6.45) is 1.99. The van der Waals surface area contributed by atoms with Crippen LogP contribution in [-0.4, -0.2) is 50.6 Å². The Bertz CT molecular complexity index is 1980. The van der Waals surface area contributed by atoms with Gasteiger partial charge in [-0.15, -0.1) is 11.3 Å². The maximum Gasteiger partial charge on any atom is 0.277 e. The number of fused-ring (bicyclic) bond motifs is 1. The Kier molecular flexibility index (Phi) is 9.88. The molecule has 5 rings (SSSR count). The Morgan fingerprint density at radius 2 is 1.78 bits per heavy atom. The molecule has 0 saturated heterocycles. The lowest BCUT2D eigenvalue weighted by atomic mass is 10.0. The Labute approximate surface area is 267 Å². The number of H-pyrrole nitrogens is 1. The van der Waals surface area contributed by atoms with E-state index in [0.717, 1.165) is 55.4 Å². The quantitative estimate of drug-likeness (QED) is 0.120. The minimum absolute atomic E-state index is 0.130. The topological polar surface area (TPSA) is 128 Å². The number of benzene rings is 1. The van der Waals surface area contributed by atoms with E-state index >= 15 is 0 Å². The summed E-state index contributed by atoms with van der Waals surface area (Å²) in [4.78, 5) is 21.7. The number of ether oxygens (including phenoxy) is 2. The summed E-state index contributed by atoms with van der Waals surface area (Å²) >= 11 is 1.19. The van der Waals surface area contributed by atoms with Crippen LogP contribution < -0.4 is 9.86 Å². The minimum atomic E-state index is -4.09. The molecule has 0 amide bonds. The molecule has 238 valence electrons. The molecule has 0 unspecified atom stereocenters. The van der Waals surface area contributed by atoms with Crippen molar-refractivity contribution in [3.8, 4) is 11.1 Å². The van der Waals surface area contributed by atoms with E-state index in [4.69, 9.17) is 19.0 Å². The molecule has 0 spiro atoms. The monoisotopic (exact) mass is 650 g/mol. The summed E-state index contributed by atoms with van der Waals surface area (Å²) in [5.41, 5.74) is 6.11. The molecule has 1 N–H and O–H groups in total. The molecule has 0 aliphatic carbocycles. The van der Waals surface area contributed by atoms with Gasteiger partial charge in [0.15, 0.2) is 5.82 Å². The van der Waals surface area contributed by atoms with Crippen molar-refractivity contribution in [2.45, 2.75) is 58.1 Å². The molecule has 4 aromatic heterocycles. The predicted molar refractivity (Wildman–Crippen MR) is 177 cm³/mol. The molecule has 5 aromatic rings. The smallest absolute Gasteiger partial charge is 0.277 e. The highest BCUT2D eigenvalue weighted by Crippen LogP contribution is 2.39. The zero-order valence-electron chi connectivity index (χ0n) is 26.4. The number of rotatable bonds is 13. The van der Waals surface area contributed by atoms with Crippen LogP contribution >= 0.6 is 11.3 Å². The molecular formula is C33H38N4O6S2. The fraction of sp³-hybridized carbons (Fsp3) is 0.364. The van der Waals surface area contributed by atoms with Crippen LogP contribution in [-0.2, 0) is 38.8 Å². The molecule has 0 atom stereocenters. The van der Waals surface area contributed by atoms with Crippen LogP contribution in [0.5, 0.6) is 0 Å². The standard InChI is InChI=1S/C33H38N4O6S2/c1-7-26-18-30-28(29(8-2)34-26)17-25(32(38)35-30)16-23-9-11-24(12-10-23)27-15-20(3)44-33(27)45(39,40)37(19-42-14-13-41-6)31-21(4)22(5)43-36-31/h9-12,15,17-18H,7-8,13-14,16,19H2,1-6H3,(H,35,38). The van der Waals surface area contributed by atoms with Gasteiger partial charge >= 0.3 is 0 Å². The number of hydrogen-bond donors (Lipinski definition) is 1. The number of aryl methyl sites for hydroxylation is 4. The van der Waals surface area contributed by atoms with Gasteiger partial charge in [-0.05, 0) is 62.9 Å². The van der Waals surface area contributed by atoms with Crippen molar-refractivity contribution in [2.24, 2.45) is 0 Å². The normalized spacial score (nSPS) is 11.9. The maximum absolute atomic E-state index is 14.2. The molecule has 4 heterocycles. The van der Waals surface area contributed by atoms with Crippen molar-refractivity contribution in [1.82, 2.24) is 15.1 Å². The van der Waals surface area contributed by atoms with Crippen LogP contribution in [0.1, 0.15) is 52.6 Å². The number of hydrogen-bond acceptors (Lipinski definition) is 9. The van der Waals surface area contributed by atoms with Crippen LogP contribution in [0.3, 0.4) is 0 Å². The number of nitrogens with one attached hydrogen (secondary N) is 1. The summed E-state index contributed by atoms with van der Waals surface area (Å²) in [6.45, 7) is 9.78. The van der Waals surface area contributed by atoms with Crippen LogP contribution in [0.4, 0.5) is 5.82 Å². The molecule has 45 heavy (non-hydrogen) atoms. The minimum Gasteiger partial charge on any atom is -0.382 e. The van der Waals surface area contributed by atoms with E-state index in [9.17, 15) is 13.2 Å². The van der Waals surface area contributed by atoms with Crippen LogP contribution in [0.2, 0.25) is 0 Å².